The summed E-state index contributed by atoms with van der Waals surface area (Å²) < 4.78 is 5.31. The van der Waals surface area contributed by atoms with Gasteiger partial charge < -0.3 is 10.5 Å². The maximum atomic E-state index is 11.9. The molecule has 16 heavy (non-hydrogen) atoms. The molecule has 0 spiro atoms. The number of nitrogens with two attached hydrogens (primary N) is 1. The molecule has 1 aliphatic carbocycles. The van der Waals surface area contributed by atoms with Crippen molar-refractivity contribution >= 4 is 11.6 Å². The molecule has 2 aliphatic rings. The van der Waals surface area contributed by atoms with Crippen molar-refractivity contribution in [2.45, 2.75) is 50.7 Å². The molecule has 0 aromatic carbocycles. The molecule has 3 atom stereocenters. The Labute approximate surface area is 95.5 Å². The summed E-state index contributed by atoms with van der Waals surface area (Å²) >= 11 is 0. The number of carbonyl (C=O) groups is 2. The number of hydrogen-bond donors (Lipinski definition) is 1. The van der Waals surface area contributed by atoms with Gasteiger partial charge in [-0.25, -0.2) is 0 Å². The summed E-state index contributed by atoms with van der Waals surface area (Å²) in [5, 5.41) is 0. The van der Waals surface area contributed by atoms with Crippen molar-refractivity contribution in [2.75, 3.05) is 6.61 Å². The lowest BCUT2D eigenvalue weighted by atomic mass is 9.93. The van der Waals surface area contributed by atoms with E-state index in [-0.39, 0.29) is 23.6 Å². The minimum atomic E-state index is -0.518. The molecular formula is C12H19NO3. The first-order chi connectivity index (χ1) is 7.68. The predicted octanol–water partition coefficient (Wildman–Crippen LogP) is 0.821. The third-order valence-corrected chi connectivity index (χ3v) is 3.58. The first-order valence-corrected chi connectivity index (χ1v) is 6.12. The summed E-state index contributed by atoms with van der Waals surface area (Å²) in [7, 11) is 0. The Kier molecular flexibility index (Phi) is 3.71. The van der Waals surface area contributed by atoms with Gasteiger partial charge in [0.05, 0.1) is 6.04 Å². The number of rotatable bonds is 4. The van der Waals surface area contributed by atoms with E-state index in [9.17, 15) is 9.59 Å². The van der Waals surface area contributed by atoms with Crippen molar-refractivity contribution in [3.63, 3.8) is 0 Å². The second-order valence-corrected chi connectivity index (χ2v) is 4.80. The van der Waals surface area contributed by atoms with Gasteiger partial charge >= 0.3 is 0 Å². The van der Waals surface area contributed by atoms with Gasteiger partial charge in [-0.05, 0) is 32.1 Å². The van der Waals surface area contributed by atoms with Crippen LogP contribution in [0, 0.1) is 5.92 Å². The van der Waals surface area contributed by atoms with Gasteiger partial charge in [-0.3, -0.25) is 9.59 Å². The van der Waals surface area contributed by atoms with E-state index in [0.717, 1.165) is 25.7 Å². The molecule has 0 aromatic heterocycles. The molecule has 2 fully saturated rings. The Morgan fingerprint density at radius 1 is 1.44 bits per heavy atom. The zero-order chi connectivity index (χ0) is 11.5. The van der Waals surface area contributed by atoms with Crippen LogP contribution in [-0.4, -0.2) is 30.3 Å². The number of carbonyl (C=O) groups excluding carboxylic acids is 2. The highest BCUT2D eigenvalue weighted by molar-refractivity contribution is 5.89. The summed E-state index contributed by atoms with van der Waals surface area (Å²) in [4.78, 5) is 23.3. The summed E-state index contributed by atoms with van der Waals surface area (Å²) in [5.74, 6) is 0.271. The van der Waals surface area contributed by atoms with Crippen LogP contribution in [0.3, 0.4) is 0 Å². The Hall–Kier alpha value is -0.740. The third kappa shape index (κ3) is 2.50. The minimum absolute atomic E-state index is 0.0142. The van der Waals surface area contributed by atoms with E-state index in [0.29, 0.717) is 19.4 Å². The van der Waals surface area contributed by atoms with Gasteiger partial charge in [-0.1, -0.05) is 0 Å². The van der Waals surface area contributed by atoms with Crippen molar-refractivity contribution < 1.29 is 14.3 Å². The van der Waals surface area contributed by atoms with Crippen LogP contribution >= 0.6 is 0 Å². The highest BCUT2D eigenvalue weighted by Crippen LogP contribution is 2.26. The zero-order valence-electron chi connectivity index (χ0n) is 9.48. The van der Waals surface area contributed by atoms with E-state index >= 15 is 0 Å². The zero-order valence-corrected chi connectivity index (χ0v) is 9.48. The van der Waals surface area contributed by atoms with Crippen LogP contribution in [0.2, 0.25) is 0 Å². The topological polar surface area (TPSA) is 69.4 Å². The lowest BCUT2D eigenvalue weighted by molar-refractivity contribution is -0.130. The molecule has 1 aliphatic heterocycles. The SMILES string of the molecule is N[C@@H](C[C@@H]1CCCC1=O)C(=O)C1CCCO1. The van der Waals surface area contributed by atoms with Crippen LogP contribution in [0.15, 0.2) is 0 Å². The van der Waals surface area contributed by atoms with E-state index in [2.05, 4.69) is 0 Å². The lowest BCUT2D eigenvalue weighted by Crippen LogP contribution is -2.40. The molecule has 0 aromatic rings. The first kappa shape index (κ1) is 11.7. The average Bonchev–Trinajstić information content (AvgIpc) is 2.89. The normalized spacial score (nSPS) is 31.9. The second-order valence-electron chi connectivity index (χ2n) is 4.80. The van der Waals surface area contributed by atoms with Crippen molar-refractivity contribution in [1.29, 1.82) is 0 Å². The number of hydrogen-bond acceptors (Lipinski definition) is 4. The van der Waals surface area contributed by atoms with Gasteiger partial charge in [0, 0.05) is 18.9 Å². The molecule has 1 heterocycles. The molecule has 0 bridgehead atoms. The summed E-state index contributed by atoms with van der Waals surface area (Å²) in [6.07, 6.45) is 4.42. The van der Waals surface area contributed by atoms with E-state index < -0.39 is 6.04 Å². The lowest BCUT2D eigenvalue weighted by Gasteiger charge is -2.17. The van der Waals surface area contributed by atoms with Crippen LogP contribution in [0.25, 0.3) is 0 Å². The fraction of sp³-hybridized carbons (Fsp3) is 0.833. The highest BCUT2D eigenvalue weighted by Gasteiger charge is 2.32. The molecule has 0 amide bonds. The Bertz CT molecular complexity index is 284. The highest BCUT2D eigenvalue weighted by atomic mass is 16.5. The molecule has 90 valence electrons. The van der Waals surface area contributed by atoms with Crippen LogP contribution in [0.5, 0.6) is 0 Å². The molecule has 4 heteroatoms. The van der Waals surface area contributed by atoms with Gasteiger partial charge in [0.1, 0.15) is 11.9 Å². The fourth-order valence-corrected chi connectivity index (χ4v) is 2.60. The van der Waals surface area contributed by atoms with E-state index in [1.54, 1.807) is 0 Å². The third-order valence-electron chi connectivity index (χ3n) is 3.58. The van der Waals surface area contributed by atoms with Gasteiger partial charge in [0.2, 0.25) is 0 Å². The maximum Gasteiger partial charge on any atom is 0.178 e. The second kappa shape index (κ2) is 5.06. The van der Waals surface area contributed by atoms with Gasteiger partial charge in [-0.15, -0.1) is 0 Å². The monoisotopic (exact) mass is 225 g/mol. The molecular weight excluding hydrogens is 206 g/mol. The Morgan fingerprint density at radius 3 is 2.81 bits per heavy atom. The molecule has 0 radical (unpaired) electrons. The van der Waals surface area contributed by atoms with E-state index in [1.807, 2.05) is 0 Å². The maximum absolute atomic E-state index is 11.9. The molecule has 2 N–H and O–H groups in total. The summed E-state index contributed by atoms with van der Waals surface area (Å²) in [5.41, 5.74) is 5.86. The molecule has 1 unspecified atom stereocenters. The van der Waals surface area contributed by atoms with Gasteiger partial charge in [0.15, 0.2) is 5.78 Å². The quantitative estimate of drug-likeness (QED) is 0.769. The van der Waals surface area contributed by atoms with Gasteiger partial charge in [0.25, 0.3) is 0 Å². The first-order valence-electron chi connectivity index (χ1n) is 6.12. The molecule has 2 rings (SSSR count). The Morgan fingerprint density at radius 2 is 2.25 bits per heavy atom. The van der Waals surface area contributed by atoms with Crippen molar-refractivity contribution in [3.05, 3.63) is 0 Å². The van der Waals surface area contributed by atoms with Crippen molar-refractivity contribution in [1.82, 2.24) is 0 Å². The minimum Gasteiger partial charge on any atom is -0.370 e. The van der Waals surface area contributed by atoms with Crippen LogP contribution in [-0.2, 0) is 14.3 Å². The van der Waals surface area contributed by atoms with E-state index in [1.165, 1.54) is 0 Å². The number of Topliss-reactive ketones (excluding diaryl/α,β-unsaturated/α-hetero) is 2. The van der Waals surface area contributed by atoms with Crippen LogP contribution in [0.4, 0.5) is 0 Å². The van der Waals surface area contributed by atoms with Crippen molar-refractivity contribution in [2.24, 2.45) is 11.7 Å². The molecule has 1 saturated heterocycles. The standard InChI is InChI=1S/C12H19NO3/c13-9(7-8-3-1-4-10(8)14)12(15)11-5-2-6-16-11/h8-9,11H,1-7,13H2/t8-,9-,11?/m0/s1. The summed E-state index contributed by atoms with van der Waals surface area (Å²) in [6, 6.07) is -0.518. The molecule has 1 saturated carbocycles. The smallest absolute Gasteiger partial charge is 0.178 e. The molecule has 4 nitrogen and oxygen atoms in total. The van der Waals surface area contributed by atoms with E-state index in [4.69, 9.17) is 10.5 Å². The van der Waals surface area contributed by atoms with Crippen molar-refractivity contribution in [3.8, 4) is 0 Å². The van der Waals surface area contributed by atoms with Crippen LogP contribution in [0.1, 0.15) is 38.5 Å². The fourth-order valence-electron chi connectivity index (χ4n) is 2.60. The Balaban J connectivity index is 1.84. The largest absolute Gasteiger partial charge is 0.370 e. The summed E-state index contributed by atoms with van der Waals surface area (Å²) in [6.45, 7) is 0.658. The average molecular weight is 225 g/mol. The number of ether oxygens (including phenoxy) is 1. The predicted molar refractivity (Wildman–Crippen MR) is 58.9 cm³/mol. The van der Waals surface area contributed by atoms with Gasteiger partial charge in [-0.2, -0.15) is 0 Å². The number of ketones is 2. The van der Waals surface area contributed by atoms with Crippen LogP contribution < -0.4 is 5.73 Å².